The van der Waals surface area contributed by atoms with Crippen molar-refractivity contribution in [3.8, 4) is 5.75 Å². The van der Waals surface area contributed by atoms with Gasteiger partial charge in [-0.05, 0) is 31.5 Å². The number of nitrogens with zero attached hydrogens (tertiary/aromatic N) is 1. The standard InChI is InChI=1S/C16H20Cl2N2O5S/c1-15(10-16(15,17)18)14(21)19-11-3-4-12(24-2)13(9-11)26(22,23)20-5-7-25-8-6-20/h3-4,9H,5-8,10H2,1-2H3,(H,19,21). The Balaban J connectivity index is 1.88. The van der Waals surface area contributed by atoms with Crippen LogP contribution in [0.5, 0.6) is 5.75 Å². The van der Waals surface area contributed by atoms with Crippen molar-refractivity contribution < 1.29 is 22.7 Å². The molecule has 1 heterocycles. The molecule has 3 rings (SSSR count). The van der Waals surface area contributed by atoms with Crippen LogP contribution in [0.15, 0.2) is 23.1 Å². The Hall–Kier alpha value is -1.06. The van der Waals surface area contributed by atoms with E-state index in [1.54, 1.807) is 13.0 Å². The van der Waals surface area contributed by atoms with Crippen molar-refractivity contribution in [1.29, 1.82) is 0 Å². The fraction of sp³-hybridized carbons (Fsp3) is 0.562. The SMILES string of the molecule is COc1ccc(NC(=O)C2(C)CC2(Cl)Cl)cc1S(=O)(=O)N1CCOCC1. The van der Waals surface area contributed by atoms with Gasteiger partial charge >= 0.3 is 0 Å². The molecule has 1 aliphatic carbocycles. The molecule has 1 saturated heterocycles. The third kappa shape index (κ3) is 3.41. The first-order chi connectivity index (χ1) is 12.1. The third-order valence-electron chi connectivity index (χ3n) is 4.77. The molecule has 144 valence electrons. The molecule has 10 heteroatoms. The summed E-state index contributed by atoms with van der Waals surface area (Å²) < 4.78 is 36.5. The van der Waals surface area contributed by atoms with Crippen LogP contribution >= 0.6 is 23.2 Å². The van der Waals surface area contributed by atoms with E-state index in [2.05, 4.69) is 5.32 Å². The number of hydrogen-bond acceptors (Lipinski definition) is 5. The van der Waals surface area contributed by atoms with Crippen LogP contribution in [-0.2, 0) is 19.6 Å². The topological polar surface area (TPSA) is 84.9 Å². The van der Waals surface area contributed by atoms with Crippen LogP contribution in [0.2, 0.25) is 0 Å². The maximum Gasteiger partial charge on any atom is 0.246 e. The molecule has 1 aromatic carbocycles. The highest BCUT2D eigenvalue weighted by Gasteiger charge is 2.67. The number of rotatable bonds is 5. The Morgan fingerprint density at radius 1 is 1.31 bits per heavy atom. The Labute approximate surface area is 162 Å². The fourth-order valence-corrected chi connectivity index (χ4v) is 5.09. The van der Waals surface area contributed by atoms with Crippen molar-refractivity contribution in [3.05, 3.63) is 18.2 Å². The molecule has 1 unspecified atom stereocenters. The van der Waals surface area contributed by atoms with Gasteiger partial charge in [0.1, 0.15) is 15.0 Å². The summed E-state index contributed by atoms with van der Waals surface area (Å²) in [5.41, 5.74) is -0.570. The monoisotopic (exact) mass is 422 g/mol. The summed E-state index contributed by atoms with van der Waals surface area (Å²) in [6.45, 7) is 2.87. The van der Waals surface area contributed by atoms with E-state index in [9.17, 15) is 13.2 Å². The highest BCUT2D eigenvalue weighted by Crippen LogP contribution is 2.64. The number of ether oxygens (including phenoxy) is 2. The number of amides is 1. The zero-order chi connectivity index (χ0) is 19.2. The molecule has 2 aliphatic rings. The minimum Gasteiger partial charge on any atom is -0.495 e. The number of benzene rings is 1. The molecule has 0 bridgehead atoms. The highest BCUT2D eigenvalue weighted by molar-refractivity contribution is 7.89. The van der Waals surface area contributed by atoms with Gasteiger partial charge in [0.2, 0.25) is 15.9 Å². The minimum absolute atomic E-state index is 0.0105. The van der Waals surface area contributed by atoms with Gasteiger partial charge in [-0.1, -0.05) is 0 Å². The Bertz CT molecular complexity index is 824. The van der Waals surface area contributed by atoms with Crippen molar-refractivity contribution in [1.82, 2.24) is 4.31 Å². The van der Waals surface area contributed by atoms with Crippen molar-refractivity contribution in [2.75, 3.05) is 38.7 Å². The zero-order valence-electron chi connectivity index (χ0n) is 14.4. The molecule has 0 radical (unpaired) electrons. The molecule has 2 fully saturated rings. The largest absolute Gasteiger partial charge is 0.495 e. The van der Waals surface area contributed by atoms with E-state index in [0.717, 1.165) is 0 Å². The molecule has 0 spiro atoms. The molecule has 0 aromatic heterocycles. The third-order valence-corrected chi connectivity index (χ3v) is 7.79. The van der Waals surface area contributed by atoms with Crippen molar-refractivity contribution in [2.45, 2.75) is 22.6 Å². The molecule has 7 nitrogen and oxygen atoms in total. The van der Waals surface area contributed by atoms with Gasteiger partial charge in [0, 0.05) is 18.8 Å². The van der Waals surface area contributed by atoms with Crippen LogP contribution < -0.4 is 10.1 Å². The summed E-state index contributed by atoms with van der Waals surface area (Å²) in [5, 5.41) is 2.70. The summed E-state index contributed by atoms with van der Waals surface area (Å²) in [7, 11) is -2.39. The van der Waals surface area contributed by atoms with E-state index in [1.807, 2.05) is 0 Å². The second-order valence-corrected chi connectivity index (χ2v) is 9.94. The number of methoxy groups -OCH3 is 1. The first kappa shape index (κ1) is 19.7. The van der Waals surface area contributed by atoms with Gasteiger partial charge < -0.3 is 14.8 Å². The van der Waals surface area contributed by atoms with Crippen LogP contribution in [0.25, 0.3) is 0 Å². The second kappa shape index (κ2) is 6.83. The van der Waals surface area contributed by atoms with E-state index >= 15 is 0 Å². The lowest BCUT2D eigenvalue weighted by molar-refractivity contribution is -0.120. The zero-order valence-corrected chi connectivity index (χ0v) is 16.7. The second-order valence-electron chi connectivity index (χ2n) is 6.55. The summed E-state index contributed by atoms with van der Waals surface area (Å²) >= 11 is 12.1. The lowest BCUT2D eigenvalue weighted by Gasteiger charge is -2.27. The molecule has 1 aromatic rings. The van der Waals surface area contributed by atoms with Crippen molar-refractivity contribution in [2.24, 2.45) is 5.41 Å². The number of anilines is 1. The van der Waals surface area contributed by atoms with Gasteiger partial charge in [0.05, 0.1) is 25.7 Å². The number of sulfonamides is 1. The van der Waals surface area contributed by atoms with Gasteiger partial charge in [-0.2, -0.15) is 4.31 Å². The predicted octanol–water partition coefficient (Wildman–Crippen LogP) is 2.24. The average molecular weight is 423 g/mol. The van der Waals surface area contributed by atoms with Gasteiger partial charge in [0.15, 0.2) is 0 Å². The Morgan fingerprint density at radius 2 is 1.92 bits per heavy atom. The molecule has 1 saturated carbocycles. The number of halogens is 2. The number of hydrogen-bond donors (Lipinski definition) is 1. The Kier molecular flexibility index (Phi) is 5.18. The predicted molar refractivity (Wildman–Crippen MR) is 98.4 cm³/mol. The van der Waals surface area contributed by atoms with Gasteiger partial charge in [-0.3, -0.25) is 4.79 Å². The fourth-order valence-electron chi connectivity index (χ4n) is 2.80. The molecule has 26 heavy (non-hydrogen) atoms. The summed E-state index contributed by atoms with van der Waals surface area (Å²) in [6.07, 6.45) is 0.337. The van der Waals surface area contributed by atoms with Crippen LogP contribution in [-0.4, -0.2) is 56.4 Å². The maximum atomic E-state index is 13.0. The van der Waals surface area contributed by atoms with E-state index in [4.69, 9.17) is 32.7 Å². The highest BCUT2D eigenvalue weighted by atomic mass is 35.5. The van der Waals surface area contributed by atoms with Crippen molar-refractivity contribution >= 4 is 44.8 Å². The van der Waals surface area contributed by atoms with Gasteiger partial charge in [-0.15, -0.1) is 23.2 Å². The van der Waals surface area contributed by atoms with Crippen LogP contribution in [0, 0.1) is 5.41 Å². The van der Waals surface area contributed by atoms with Gasteiger partial charge in [-0.25, -0.2) is 8.42 Å². The number of carbonyl (C=O) groups excluding carboxylic acids is 1. The molecule has 1 aliphatic heterocycles. The normalized spacial score (nSPS) is 25.5. The maximum absolute atomic E-state index is 13.0. The van der Waals surface area contributed by atoms with Crippen LogP contribution in [0.3, 0.4) is 0 Å². The Morgan fingerprint density at radius 3 is 2.46 bits per heavy atom. The van der Waals surface area contributed by atoms with E-state index < -0.39 is 19.8 Å². The van der Waals surface area contributed by atoms with Crippen LogP contribution in [0.1, 0.15) is 13.3 Å². The quantitative estimate of drug-likeness (QED) is 0.735. The van der Waals surface area contributed by atoms with Crippen molar-refractivity contribution in [3.63, 3.8) is 0 Å². The lowest BCUT2D eigenvalue weighted by Crippen LogP contribution is -2.40. The molecule has 1 amide bonds. The number of carbonyl (C=O) groups is 1. The molecular weight excluding hydrogens is 403 g/mol. The number of morpholine rings is 1. The first-order valence-corrected chi connectivity index (χ1v) is 10.3. The summed E-state index contributed by atoms with van der Waals surface area (Å²) in [6, 6.07) is 4.47. The molecule has 1 N–H and O–H groups in total. The summed E-state index contributed by atoms with van der Waals surface area (Å²) in [5.74, 6) is -0.154. The summed E-state index contributed by atoms with van der Waals surface area (Å²) in [4.78, 5) is 12.4. The molecule has 1 atom stereocenters. The van der Waals surface area contributed by atoms with E-state index in [0.29, 0.717) is 25.3 Å². The van der Waals surface area contributed by atoms with Gasteiger partial charge in [0.25, 0.3) is 0 Å². The van der Waals surface area contributed by atoms with Crippen LogP contribution in [0.4, 0.5) is 5.69 Å². The minimum atomic E-state index is -3.78. The van der Waals surface area contributed by atoms with E-state index in [-0.39, 0.29) is 29.6 Å². The number of alkyl halides is 2. The lowest BCUT2D eigenvalue weighted by atomic mass is 10.1. The van der Waals surface area contributed by atoms with E-state index in [1.165, 1.54) is 23.5 Å². The molecular formula is C16H20Cl2N2O5S. The first-order valence-electron chi connectivity index (χ1n) is 8.07. The smallest absolute Gasteiger partial charge is 0.246 e. The number of nitrogens with one attached hydrogen (secondary N) is 1. The average Bonchev–Trinajstić information content (AvgIpc) is 3.15.